The number of nitrogens with two attached hydrogens (primary N) is 3. The van der Waals surface area contributed by atoms with E-state index in [-0.39, 0.29) is 11.9 Å². The van der Waals surface area contributed by atoms with E-state index in [0.29, 0.717) is 12.5 Å². The van der Waals surface area contributed by atoms with E-state index in [1.807, 2.05) is 0 Å². The average molecular weight is 271 g/mol. The fourth-order valence-electron chi connectivity index (χ4n) is 1.84. The topological polar surface area (TPSA) is 130 Å². The Morgan fingerprint density at radius 3 is 2.37 bits per heavy atom. The lowest BCUT2D eigenvalue weighted by atomic mass is 10.2. The third kappa shape index (κ3) is 12.7. The average Bonchev–Trinajstić information content (AvgIpc) is 2.28. The van der Waals surface area contributed by atoms with E-state index in [0.717, 1.165) is 39.0 Å². The van der Waals surface area contributed by atoms with Crippen molar-refractivity contribution in [3.63, 3.8) is 0 Å². The quantitative estimate of drug-likeness (QED) is 0.207. The minimum atomic E-state index is 0.0307. The Morgan fingerprint density at radius 2 is 1.84 bits per heavy atom. The fraction of sp³-hybridized carbons (Fsp3) is 0.833. The molecule has 0 radical (unpaired) electrons. The van der Waals surface area contributed by atoms with Crippen LogP contribution < -0.4 is 22.5 Å². The second-order valence-electron chi connectivity index (χ2n) is 5.05. The maximum absolute atomic E-state index is 7.08. The molecule has 0 atom stereocenters. The molecule has 0 saturated heterocycles. The molecular formula is C12H29N7. The first kappa shape index (κ1) is 17.5. The Hall–Kier alpha value is -1.50. The highest BCUT2D eigenvalue weighted by Crippen LogP contribution is 2.01. The molecule has 0 rings (SSSR count). The molecule has 0 spiro atoms. The smallest absolute Gasteiger partial charge is 0.185 e. The molecule has 19 heavy (non-hydrogen) atoms. The van der Waals surface area contributed by atoms with Gasteiger partial charge in [0.05, 0.1) is 0 Å². The summed E-state index contributed by atoms with van der Waals surface area (Å²) >= 11 is 0. The SMILES string of the molecule is CC(C)CN(CCCN=C(N)N)CCCNC(=N)N. The van der Waals surface area contributed by atoms with Crippen LogP contribution in [0, 0.1) is 11.3 Å². The van der Waals surface area contributed by atoms with Crippen LogP contribution >= 0.6 is 0 Å². The molecule has 8 N–H and O–H groups in total. The summed E-state index contributed by atoms with van der Waals surface area (Å²) in [5.41, 5.74) is 15.8. The number of rotatable bonds is 10. The van der Waals surface area contributed by atoms with Crippen molar-refractivity contribution >= 4 is 11.9 Å². The molecule has 0 aliphatic rings. The third-order valence-electron chi connectivity index (χ3n) is 2.52. The predicted molar refractivity (Wildman–Crippen MR) is 81.1 cm³/mol. The standard InChI is InChI=1S/C12H29N7/c1-10(2)9-19(7-3-5-17-11(13)14)8-4-6-18-12(15)16/h10H,3-9H2,1-2H3,(H4,13,14,17)(H4,15,16,18). The first-order chi connectivity index (χ1) is 8.91. The van der Waals surface area contributed by atoms with Gasteiger partial charge in [-0.2, -0.15) is 0 Å². The predicted octanol–water partition coefficient (Wildman–Crippen LogP) is -0.519. The summed E-state index contributed by atoms with van der Waals surface area (Å²) < 4.78 is 0. The molecule has 0 amide bonds. The van der Waals surface area contributed by atoms with Crippen molar-refractivity contribution in [3.8, 4) is 0 Å². The molecule has 7 heteroatoms. The van der Waals surface area contributed by atoms with Gasteiger partial charge in [0.15, 0.2) is 11.9 Å². The first-order valence-electron chi connectivity index (χ1n) is 6.77. The number of hydrogen-bond acceptors (Lipinski definition) is 3. The summed E-state index contributed by atoms with van der Waals surface area (Å²) in [7, 11) is 0. The van der Waals surface area contributed by atoms with E-state index in [1.165, 1.54) is 0 Å². The number of nitrogens with zero attached hydrogens (tertiary/aromatic N) is 2. The molecule has 0 aromatic carbocycles. The minimum Gasteiger partial charge on any atom is -0.370 e. The van der Waals surface area contributed by atoms with Crippen molar-refractivity contribution in [3.05, 3.63) is 0 Å². The van der Waals surface area contributed by atoms with Crippen molar-refractivity contribution < 1.29 is 0 Å². The molecular weight excluding hydrogens is 242 g/mol. The highest BCUT2D eigenvalue weighted by Gasteiger charge is 2.06. The van der Waals surface area contributed by atoms with Crippen molar-refractivity contribution in [2.24, 2.45) is 28.1 Å². The van der Waals surface area contributed by atoms with Crippen LogP contribution in [0.25, 0.3) is 0 Å². The monoisotopic (exact) mass is 271 g/mol. The Labute approximate surface area is 116 Å². The van der Waals surface area contributed by atoms with Gasteiger partial charge in [0.1, 0.15) is 0 Å². The molecule has 0 aromatic rings. The van der Waals surface area contributed by atoms with Crippen LogP contribution in [-0.2, 0) is 0 Å². The normalized spacial score (nSPS) is 10.7. The minimum absolute atomic E-state index is 0.0307. The van der Waals surface area contributed by atoms with Gasteiger partial charge in [0.2, 0.25) is 0 Å². The number of aliphatic imine (C=N–C) groups is 1. The van der Waals surface area contributed by atoms with Gasteiger partial charge in [-0.15, -0.1) is 0 Å². The molecule has 0 fully saturated rings. The zero-order valence-corrected chi connectivity index (χ0v) is 12.2. The van der Waals surface area contributed by atoms with E-state index in [9.17, 15) is 0 Å². The molecule has 112 valence electrons. The van der Waals surface area contributed by atoms with Crippen LogP contribution in [0.1, 0.15) is 26.7 Å². The zero-order chi connectivity index (χ0) is 14.7. The Kier molecular flexibility index (Phi) is 9.60. The summed E-state index contributed by atoms with van der Waals surface area (Å²) in [4.78, 5) is 6.38. The first-order valence-corrected chi connectivity index (χ1v) is 6.77. The second-order valence-corrected chi connectivity index (χ2v) is 5.05. The fourth-order valence-corrected chi connectivity index (χ4v) is 1.84. The van der Waals surface area contributed by atoms with Crippen LogP contribution in [0.2, 0.25) is 0 Å². The van der Waals surface area contributed by atoms with Gasteiger partial charge in [0.25, 0.3) is 0 Å². The van der Waals surface area contributed by atoms with Crippen LogP contribution in [0.5, 0.6) is 0 Å². The summed E-state index contributed by atoms with van der Waals surface area (Å²) in [6.45, 7) is 8.84. The molecule has 0 heterocycles. The number of hydrogen-bond donors (Lipinski definition) is 5. The van der Waals surface area contributed by atoms with Gasteiger partial charge in [-0.25, -0.2) is 0 Å². The van der Waals surface area contributed by atoms with E-state index in [4.69, 9.17) is 22.6 Å². The van der Waals surface area contributed by atoms with E-state index in [2.05, 4.69) is 29.1 Å². The zero-order valence-electron chi connectivity index (χ0n) is 12.2. The van der Waals surface area contributed by atoms with Gasteiger partial charge < -0.3 is 27.4 Å². The lowest BCUT2D eigenvalue weighted by Gasteiger charge is -2.24. The molecule has 0 bridgehead atoms. The third-order valence-corrected chi connectivity index (χ3v) is 2.52. The Balaban J connectivity index is 3.88. The van der Waals surface area contributed by atoms with Crippen molar-refractivity contribution in [1.29, 1.82) is 5.41 Å². The van der Waals surface area contributed by atoms with Crippen LogP contribution in [0.3, 0.4) is 0 Å². The van der Waals surface area contributed by atoms with Crippen molar-refractivity contribution in [2.75, 3.05) is 32.7 Å². The van der Waals surface area contributed by atoms with E-state index < -0.39 is 0 Å². The van der Waals surface area contributed by atoms with Gasteiger partial charge >= 0.3 is 0 Å². The molecule has 0 saturated carbocycles. The van der Waals surface area contributed by atoms with Crippen LogP contribution in [0.15, 0.2) is 4.99 Å². The maximum atomic E-state index is 7.08. The van der Waals surface area contributed by atoms with Gasteiger partial charge in [-0.1, -0.05) is 13.8 Å². The molecule has 0 aliphatic heterocycles. The van der Waals surface area contributed by atoms with Crippen LogP contribution in [0.4, 0.5) is 0 Å². The van der Waals surface area contributed by atoms with Gasteiger partial charge in [-0.05, 0) is 31.8 Å². The van der Waals surface area contributed by atoms with Crippen molar-refractivity contribution in [1.82, 2.24) is 10.2 Å². The van der Waals surface area contributed by atoms with Gasteiger partial charge in [-0.3, -0.25) is 10.4 Å². The summed E-state index contributed by atoms with van der Waals surface area (Å²) in [6, 6.07) is 0. The van der Waals surface area contributed by atoms with Crippen molar-refractivity contribution in [2.45, 2.75) is 26.7 Å². The summed E-state index contributed by atoms with van der Waals surface area (Å²) in [5, 5.41) is 9.90. The van der Waals surface area contributed by atoms with Crippen LogP contribution in [-0.4, -0.2) is 49.5 Å². The summed E-state index contributed by atoms with van der Waals surface area (Å²) in [5.74, 6) is 0.813. The summed E-state index contributed by atoms with van der Waals surface area (Å²) in [6.07, 6.45) is 1.92. The van der Waals surface area contributed by atoms with E-state index >= 15 is 0 Å². The molecule has 0 aromatic heterocycles. The molecule has 0 aliphatic carbocycles. The molecule has 0 unspecified atom stereocenters. The molecule has 7 nitrogen and oxygen atoms in total. The largest absolute Gasteiger partial charge is 0.370 e. The Morgan fingerprint density at radius 1 is 1.21 bits per heavy atom. The second kappa shape index (κ2) is 10.4. The highest BCUT2D eigenvalue weighted by molar-refractivity contribution is 5.75. The van der Waals surface area contributed by atoms with Gasteiger partial charge in [0, 0.05) is 19.6 Å². The Bertz CT molecular complexity index is 271. The maximum Gasteiger partial charge on any atom is 0.185 e. The highest BCUT2D eigenvalue weighted by atomic mass is 15.1. The lowest BCUT2D eigenvalue weighted by molar-refractivity contribution is 0.240. The van der Waals surface area contributed by atoms with E-state index in [1.54, 1.807) is 0 Å². The lowest BCUT2D eigenvalue weighted by Crippen LogP contribution is -2.35. The number of nitrogens with one attached hydrogen (secondary N) is 2. The number of guanidine groups is 2.